The van der Waals surface area contributed by atoms with Gasteiger partial charge in [0.2, 0.25) is 0 Å². The summed E-state index contributed by atoms with van der Waals surface area (Å²) in [4.78, 5) is 12.3. The maximum atomic E-state index is 12.3. The summed E-state index contributed by atoms with van der Waals surface area (Å²) in [5, 5.41) is 0. The molecule has 0 unspecified atom stereocenters. The van der Waals surface area contributed by atoms with E-state index in [0.29, 0.717) is 11.3 Å². The van der Waals surface area contributed by atoms with Crippen LogP contribution < -0.4 is 4.74 Å². The summed E-state index contributed by atoms with van der Waals surface area (Å²) in [6.45, 7) is 10.4. The maximum Gasteiger partial charge on any atom is 0.343 e. The van der Waals surface area contributed by atoms with Crippen LogP contribution in [-0.2, 0) is 5.41 Å². The highest BCUT2D eigenvalue weighted by molar-refractivity contribution is 5.91. The number of hydrogen-bond acceptors (Lipinski definition) is 2. The largest absolute Gasteiger partial charge is 0.423 e. The zero-order valence-electron chi connectivity index (χ0n) is 13.4. The minimum absolute atomic E-state index is 0.0752. The van der Waals surface area contributed by atoms with E-state index in [1.54, 1.807) is 6.07 Å². The molecule has 2 aromatic carbocycles. The van der Waals surface area contributed by atoms with Crippen LogP contribution in [0.1, 0.15) is 47.8 Å². The molecule has 0 aromatic heterocycles. The Morgan fingerprint density at radius 3 is 2.24 bits per heavy atom. The molecule has 2 rings (SSSR count). The Bertz CT molecular complexity index is 664. The lowest BCUT2D eigenvalue weighted by Crippen LogP contribution is -2.16. The normalized spacial score (nSPS) is 11.3. The van der Waals surface area contributed by atoms with Gasteiger partial charge in [-0.3, -0.25) is 0 Å². The number of rotatable bonds is 2. The van der Waals surface area contributed by atoms with E-state index in [9.17, 15) is 4.79 Å². The molecule has 0 atom stereocenters. The third-order valence-electron chi connectivity index (χ3n) is 3.40. The van der Waals surface area contributed by atoms with Crippen LogP contribution >= 0.6 is 0 Å². The van der Waals surface area contributed by atoms with E-state index in [2.05, 4.69) is 26.8 Å². The molecule has 0 N–H and O–H groups in total. The maximum absolute atomic E-state index is 12.3. The molecule has 110 valence electrons. The Kier molecular flexibility index (Phi) is 4.17. The molecule has 0 heterocycles. The van der Waals surface area contributed by atoms with E-state index in [4.69, 9.17) is 4.74 Å². The summed E-state index contributed by atoms with van der Waals surface area (Å²) in [5.74, 6) is 0.327. The molecule has 2 nitrogen and oxygen atoms in total. The van der Waals surface area contributed by atoms with Crippen LogP contribution in [0, 0.1) is 13.8 Å². The van der Waals surface area contributed by atoms with Crippen molar-refractivity contribution in [2.45, 2.75) is 40.0 Å². The van der Waals surface area contributed by atoms with Crippen LogP contribution in [0.15, 0.2) is 42.5 Å². The van der Waals surface area contributed by atoms with Crippen molar-refractivity contribution in [1.29, 1.82) is 0 Å². The fraction of sp³-hybridized carbons (Fsp3) is 0.316. The Hall–Kier alpha value is -2.09. The van der Waals surface area contributed by atoms with Crippen LogP contribution in [0.2, 0.25) is 0 Å². The van der Waals surface area contributed by atoms with Gasteiger partial charge in [0.25, 0.3) is 0 Å². The van der Waals surface area contributed by atoms with Gasteiger partial charge in [-0.15, -0.1) is 0 Å². The molecule has 0 aliphatic carbocycles. The lowest BCUT2D eigenvalue weighted by molar-refractivity contribution is 0.0731. The number of carbonyl (C=O) groups is 1. The van der Waals surface area contributed by atoms with Gasteiger partial charge in [-0.05, 0) is 37.5 Å². The number of ether oxygens (including phenoxy) is 1. The third kappa shape index (κ3) is 3.72. The molecule has 0 aliphatic heterocycles. The summed E-state index contributed by atoms with van der Waals surface area (Å²) in [6, 6.07) is 13.4. The zero-order chi connectivity index (χ0) is 15.6. The van der Waals surface area contributed by atoms with Crippen molar-refractivity contribution in [3.05, 3.63) is 64.7 Å². The number of esters is 1. The number of aryl methyl sites for hydroxylation is 2. The molecule has 0 radical (unpaired) electrons. The molecule has 21 heavy (non-hydrogen) atoms. The smallest absolute Gasteiger partial charge is 0.343 e. The second kappa shape index (κ2) is 5.72. The van der Waals surface area contributed by atoms with Crippen LogP contribution in [0.4, 0.5) is 0 Å². The molecule has 0 fully saturated rings. The van der Waals surface area contributed by atoms with Gasteiger partial charge in [0.1, 0.15) is 5.75 Å². The molecule has 0 saturated heterocycles. The minimum Gasteiger partial charge on any atom is -0.423 e. The minimum atomic E-state index is -0.312. The summed E-state index contributed by atoms with van der Waals surface area (Å²) in [7, 11) is 0. The van der Waals surface area contributed by atoms with Crippen LogP contribution in [0.5, 0.6) is 5.75 Å². The topological polar surface area (TPSA) is 26.3 Å². The van der Waals surface area contributed by atoms with Gasteiger partial charge in [0, 0.05) is 5.56 Å². The summed E-state index contributed by atoms with van der Waals surface area (Å²) in [5.41, 5.74) is 3.76. The Morgan fingerprint density at radius 1 is 0.952 bits per heavy atom. The second-order valence-corrected chi connectivity index (χ2v) is 6.51. The fourth-order valence-corrected chi connectivity index (χ4v) is 2.25. The SMILES string of the molecule is Cc1cccc(C(=O)Oc2ccc(C)cc2C(C)(C)C)c1. The molecule has 0 spiro atoms. The van der Waals surface area contributed by atoms with Crippen molar-refractivity contribution in [3.63, 3.8) is 0 Å². The van der Waals surface area contributed by atoms with Crippen LogP contribution in [0.3, 0.4) is 0 Å². The first kappa shape index (κ1) is 15.3. The molecule has 0 bridgehead atoms. The number of hydrogen-bond donors (Lipinski definition) is 0. The molecule has 0 saturated carbocycles. The fourth-order valence-electron chi connectivity index (χ4n) is 2.25. The number of benzene rings is 2. The average Bonchev–Trinajstić information content (AvgIpc) is 2.39. The molecular weight excluding hydrogens is 260 g/mol. The highest BCUT2D eigenvalue weighted by atomic mass is 16.5. The lowest BCUT2D eigenvalue weighted by atomic mass is 9.85. The van der Waals surface area contributed by atoms with Crippen molar-refractivity contribution < 1.29 is 9.53 Å². The first-order chi connectivity index (χ1) is 9.77. The Labute approximate surface area is 126 Å². The van der Waals surface area contributed by atoms with Crippen molar-refractivity contribution in [3.8, 4) is 5.75 Å². The average molecular weight is 282 g/mol. The van der Waals surface area contributed by atoms with Gasteiger partial charge in [-0.1, -0.05) is 56.2 Å². The Balaban J connectivity index is 2.34. The predicted octanol–water partition coefficient (Wildman–Crippen LogP) is 4.82. The van der Waals surface area contributed by atoms with Gasteiger partial charge < -0.3 is 4.74 Å². The lowest BCUT2D eigenvalue weighted by Gasteiger charge is -2.22. The molecule has 0 aliphatic rings. The molecular formula is C19H22O2. The molecule has 2 heteroatoms. The first-order valence-electron chi connectivity index (χ1n) is 7.17. The molecule has 0 amide bonds. The van der Waals surface area contributed by atoms with E-state index in [1.807, 2.05) is 44.2 Å². The van der Waals surface area contributed by atoms with Gasteiger partial charge in [-0.25, -0.2) is 4.79 Å². The standard InChI is InChI=1S/C19H22O2/c1-13-7-6-8-15(11-13)18(20)21-17-10-9-14(2)12-16(17)19(3,4)5/h6-12H,1-5H3. The Morgan fingerprint density at radius 2 is 1.62 bits per heavy atom. The zero-order valence-corrected chi connectivity index (χ0v) is 13.4. The van der Waals surface area contributed by atoms with Crippen molar-refractivity contribution in [2.24, 2.45) is 0 Å². The third-order valence-corrected chi connectivity index (χ3v) is 3.40. The highest BCUT2D eigenvalue weighted by Gasteiger charge is 2.21. The van der Waals surface area contributed by atoms with Crippen LogP contribution in [-0.4, -0.2) is 5.97 Å². The highest BCUT2D eigenvalue weighted by Crippen LogP contribution is 2.32. The summed E-state index contributed by atoms with van der Waals surface area (Å²) < 4.78 is 5.63. The van der Waals surface area contributed by atoms with Crippen molar-refractivity contribution in [2.75, 3.05) is 0 Å². The monoisotopic (exact) mass is 282 g/mol. The van der Waals surface area contributed by atoms with Crippen molar-refractivity contribution in [1.82, 2.24) is 0 Å². The quantitative estimate of drug-likeness (QED) is 0.583. The summed E-state index contributed by atoms with van der Waals surface area (Å²) >= 11 is 0. The van der Waals surface area contributed by atoms with Gasteiger partial charge >= 0.3 is 5.97 Å². The van der Waals surface area contributed by atoms with Crippen LogP contribution in [0.25, 0.3) is 0 Å². The van der Waals surface area contributed by atoms with E-state index in [1.165, 1.54) is 0 Å². The van der Waals surface area contributed by atoms with Gasteiger partial charge in [-0.2, -0.15) is 0 Å². The number of carbonyl (C=O) groups excluding carboxylic acids is 1. The van der Waals surface area contributed by atoms with E-state index < -0.39 is 0 Å². The van der Waals surface area contributed by atoms with E-state index in [-0.39, 0.29) is 11.4 Å². The second-order valence-electron chi connectivity index (χ2n) is 6.51. The van der Waals surface area contributed by atoms with Gasteiger partial charge in [0.05, 0.1) is 5.56 Å². The predicted molar refractivity (Wildman–Crippen MR) is 86.0 cm³/mol. The van der Waals surface area contributed by atoms with E-state index >= 15 is 0 Å². The summed E-state index contributed by atoms with van der Waals surface area (Å²) in [6.07, 6.45) is 0. The van der Waals surface area contributed by atoms with Crippen molar-refractivity contribution >= 4 is 5.97 Å². The van der Waals surface area contributed by atoms with Gasteiger partial charge in [0.15, 0.2) is 0 Å². The first-order valence-corrected chi connectivity index (χ1v) is 7.17. The molecule has 2 aromatic rings. The van der Waals surface area contributed by atoms with E-state index in [0.717, 1.165) is 16.7 Å².